The van der Waals surface area contributed by atoms with Gasteiger partial charge in [0.25, 0.3) is 0 Å². The minimum atomic E-state index is 0.810. The van der Waals surface area contributed by atoms with E-state index in [0.717, 1.165) is 8.70 Å². The molecule has 0 fully saturated rings. The molecule has 4 heteroatoms. The monoisotopic (exact) mass is 258 g/mol. The summed E-state index contributed by atoms with van der Waals surface area (Å²) in [6.07, 6.45) is 0. The summed E-state index contributed by atoms with van der Waals surface area (Å²) in [6.45, 7) is 4.07. The average molecular weight is 259 g/mol. The van der Waals surface area contributed by atoms with Gasteiger partial charge < -0.3 is 0 Å². The van der Waals surface area contributed by atoms with Crippen LogP contribution in [0.1, 0.15) is 5.56 Å². The first-order valence-corrected chi connectivity index (χ1v) is 5.51. The summed E-state index contributed by atoms with van der Waals surface area (Å²) in [5.41, 5.74) is 1.24. The average Bonchev–Trinajstić information content (AvgIpc) is 2.29. The van der Waals surface area contributed by atoms with E-state index in [1.54, 1.807) is 11.3 Å². The van der Waals surface area contributed by atoms with Crippen LogP contribution in [0.3, 0.4) is 0 Å². The first-order valence-electron chi connectivity index (χ1n) is 3.52. The molecule has 0 saturated carbocycles. The molecule has 12 heavy (non-hydrogen) atoms. The number of hydrogen-bond acceptors (Lipinski definition) is 1. The molecule has 0 aliphatic carbocycles. The van der Waals surface area contributed by atoms with Crippen LogP contribution in [0.4, 0.5) is 0 Å². The third-order valence-corrected chi connectivity index (χ3v) is 3.74. The Morgan fingerprint density at radius 1 is 1.50 bits per heavy atom. The van der Waals surface area contributed by atoms with Gasteiger partial charge in [-0.2, -0.15) is 0 Å². The molecular formula is C8H5BBrClS. The molecule has 0 bridgehead atoms. The maximum absolute atomic E-state index is 5.92. The first kappa shape index (κ1) is 8.73. The summed E-state index contributed by atoms with van der Waals surface area (Å²) in [5, 5.41) is 1.22. The van der Waals surface area contributed by atoms with Crippen LogP contribution in [0.15, 0.2) is 15.9 Å². The fourth-order valence-electron chi connectivity index (χ4n) is 1.25. The van der Waals surface area contributed by atoms with Crippen LogP contribution in [0.2, 0.25) is 4.92 Å². The van der Waals surface area contributed by atoms with Crippen molar-refractivity contribution in [2.24, 2.45) is 0 Å². The third kappa shape index (κ3) is 1.46. The second-order valence-electron chi connectivity index (χ2n) is 2.69. The minimum absolute atomic E-state index is 0.810. The van der Waals surface area contributed by atoms with Crippen LogP contribution < -0.4 is 0 Å². The number of thiophene rings is 1. The Bertz CT molecular complexity index is 438. The quantitative estimate of drug-likeness (QED) is 0.671. The number of halogens is 2. The molecule has 0 saturated heterocycles. The SMILES string of the molecule is Cc1cc(Cl)bc2cc(Br)sc12. The van der Waals surface area contributed by atoms with Crippen molar-refractivity contribution in [3.05, 3.63) is 26.4 Å². The molecule has 60 valence electrons. The van der Waals surface area contributed by atoms with Crippen molar-refractivity contribution in [3.8, 4) is 0 Å². The van der Waals surface area contributed by atoms with Crippen LogP contribution in [-0.4, -0.2) is 6.91 Å². The topological polar surface area (TPSA) is 0 Å². The zero-order chi connectivity index (χ0) is 8.72. The molecular weight excluding hydrogens is 254 g/mol. The van der Waals surface area contributed by atoms with E-state index >= 15 is 0 Å². The Labute approximate surface area is 88.9 Å². The van der Waals surface area contributed by atoms with E-state index < -0.39 is 0 Å². The van der Waals surface area contributed by atoms with E-state index in [9.17, 15) is 0 Å². The van der Waals surface area contributed by atoms with E-state index in [-0.39, 0.29) is 0 Å². The van der Waals surface area contributed by atoms with Crippen LogP contribution in [0.25, 0.3) is 9.98 Å². The van der Waals surface area contributed by atoms with E-state index in [1.165, 1.54) is 15.5 Å². The van der Waals surface area contributed by atoms with Crippen molar-refractivity contribution in [1.29, 1.82) is 0 Å². The molecule has 2 aromatic rings. The van der Waals surface area contributed by atoms with Gasteiger partial charge in [0, 0.05) is 0 Å². The van der Waals surface area contributed by atoms with E-state index in [4.69, 9.17) is 11.6 Å². The Kier molecular flexibility index (Phi) is 2.28. The molecule has 0 N–H and O–H groups in total. The number of fused-ring (bicyclic) bond motifs is 1. The predicted molar refractivity (Wildman–Crippen MR) is 60.6 cm³/mol. The molecule has 0 aliphatic heterocycles. The molecule has 0 aliphatic rings. The van der Waals surface area contributed by atoms with Gasteiger partial charge in [-0.1, -0.05) is 0 Å². The Hall–Kier alpha value is 0.145. The van der Waals surface area contributed by atoms with Gasteiger partial charge in [-0.05, 0) is 0 Å². The van der Waals surface area contributed by atoms with Gasteiger partial charge in [0.05, 0.1) is 0 Å². The van der Waals surface area contributed by atoms with Crippen LogP contribution in [0, 0.1) is 6.92 Å². The molecule has 0 unspecified atom stereocenters. The zero-order valence-electron chi connectivity index (χ0n) is 6.40. The van der Waals surface area contributed by atoms with Crippen molar-refractivity contribution in [1.82, 2.24) is 0 Å². The molecule has 0 radical (unpaired) electrons. The van der Waals surface area contributed by atoms with Gasteiger partial charge >= 0.3 is 89.1 Å². The number of aryl methyl sites for hydroxylation is 1. The number of rotatable bonds is 0. The van der Waals surface area contributed by atoms with E-state index in [1.807, 2.05) is 13.0 Å². The number of hydrogen-bond donors (Lipinski definition) is 0. The molecule has 0 aromatic carbocycles. The van der Waals surface area contributed by atoms with E-state index in [2.05, 4.69) is 28.9 Å². The molecule has 2 aromatic heterocycles. The summed E-state index contributed by atoms with van der Waals surface area (Å²) >= 11 is 11.1. The predicted octanol–water partition coefficient (Wildman–Crippen LogP) is 3.96. The standard InChI is InChI=1S/C8H5BBrClS/c1-4-2-6(11)9-5-3-7(10)12-8(4)5/h2-3H,1H3. The van der Waals surface area contributed by atoms with Crippen LogP contribution in [-0.2, 0) is 0 Å². The Morgan fingerprint density at radius 3 is 3.00 bits per heavy atom. The van der Waals surface area contributed by atoms with Crippen molar-refractivity contribution < 1.29 is 0 Å². The fourth-order valence-corrected chi connectivity index (χ4v) is 3.10. The second-order valence-corrected chi connectivity index (χ2v) is 5.56. The van der Waals surface area contributed by atoms with Crippen LogP contribution >= 0.6 is 38.9 Å². The molecule has 0 atom stereocenters. The Morgan fingerprint density at radius 2 is 2.25 bits per heavy atom. The molecule has 0 nitrogen and oxygen atoms in total. The summed E-state index contributed by atoms with van der Waals surface area (Å²) in [5.74, 6) is 0. The first-order chi connectivity index (χ1) is 5.66. The van der Waals surface area contributed by atoms with Crippen molar-refractivity contribution >= 4 is 55.8 Å². The van der Waals surface area contributed by atoms with Gasteiger partial charge in [0.1, 0.15) is 0 Å². The molecule has 0 spiro atoms. The maximum atomic E-state index is 5.92. The van der Waals surface area contributed by atoms with Crippen LogP contribution in [0.5, 0.6) is 0 Å². The van der Waals surface area contributed by atoms with Gasteiger partial charge in [-0.3, -0.25) is 0 Å². The summed E-state index contributed by atoms with van der Waals surface area (Å²) in [6, 6.07) is 4.09. The van der Waals surface area contributed by atoms with Gasteiger partial charge in [0.2, 0.25) is 0 Å². The van der Waals surface area contributed by atoms with Crippen molar-refractivity contribution in [3.63, 3.8) is 0 Å². The summed E-state index contributed by atoms with van der Waals surface area (Å²) < 4.78 is 2.47. The third-order valence-electron chi connectivity index (χ3n) is 1.74. The zero-order valence-corrected chi connectivity index (χ0v) is 9.55. The van der Waals surface area contributed by atoms with E-state index in [0.29, 0.717) is 0 Å². The van der Waals surface area contributed by atoms with Crippen molar-refractivity contribution in [2.75, 3.05) is 0 Å². The fraction of sp³-hybridized carbons (Fsp3) is 0.125. The van der Waals surface area contributed by atoms with Gasteiger partial charge in [-0.15, -0.1) is 0 Å². The molecule has 2 rings (SSSR count). The van der Waals surface area contributed by atoms with Gasteiger partial charge in [0.15, 0.2) is 0 Å². The van der Waals surface area contributed by atoms with Gasteiger partial charge in [-0.25, -0.2) is 0 Å². The van der Waals surface area contributed by atoms with Crippen molar-refractivity contribution in [2.45, 2.75) is 6.92 Å². The molecule has 2 heterocycles. The second kappa shape index (κ2) is 3.13. The Balaban J connectivity index is 2.88. The summed E-state index contributed by atoms with van der Waals surface area (Å²) in [7, 11) is 0. The normalized spacial score (nSPS) is 10.6. The summed E-state index contributed by atoms with van der Waals surface area (Å²) in [4.78, 5) is 0.810. The molecule has 0 amide bonds.